The Kier molecular flexibility index (Phi) is 5.30. The molecule has 0 aliphatic carbocycles. The van der Waals surface area contributed by atoms with Crippen molar-refractivity contribution >= 4 is 11.3 Å². The van der Waals surface area contributed by atoms with Crippen LogP contribution in [-0.2, 0) is 6.54 Å². The van der Waals surface area contributed by atoms with Crippen LogP contribution in [-0.4, -0.2) is 41.3 Å². The maximum atomic E-state index is 9.81. The standard InChI is InChI=1S/C18H24N2O2S/c1-13(21)15-4-3-9-20(10-15)11-16-12-23-18(19-16)14-5-7-17(22-2)8-6-14/h5-8,12-13,15,21H,3-4,9-11H2,1-2H3. The van der Waals surface area contributed by atoms with Crippen molar-refractivity contribution in [1.82, 2.24) is 9.88 Å². The molecule has 5 heteroatoms. The normalized spacial score (nSPS) is 20.4. The van der Waals surface area contributed by atoms with E-state index in [1.54, 1.807) is 18.4 Å². The van der Waals surface area contributed by atoms with E-state index in [0.717, 1.165) is 54.5 Å². The number of methoxy groups -OCH3 is 1. The highest BCUT2D eigenvalue weighted by atomic mass is 32.1. The van der Waals surface area contributed by atoms with E-state index in [1.165, 1.54) is 0 Å². The predicted molar refractivity (Wildman–Crippen MR) is 93.8 cm³/mol. The number of hydrogen-bond acceptors (Lipinski definition) is 5. The van der Waals surface area contributed by atoms with Crippen LogP contribution >= 0.6 is 11.3 Å². The fourth-order valence-corrected chi connectivity index (χ4v) is 3.92. The summed E-state index contributed by atoms with van der Waals surface area (Å²) in [6, 6.07) is 8.03. The lowest BCUT2D eigenvalue weighted by molar-refractivity contribution is 0.0595. The number of ether oxygens (including phenoxy) is 1. The van der Waals surface area contributed by atoms with Gasteiger partial charge in [-0.3, -0.25) is 4.90 Å². The van der Waals surface area contributed by atoms with Crippen LogP contribution in [0, 0.1) is 5.92 Å². The molecule has 1 fully saturated rings. The topological polar surface area (TPSA) is 45.6 Å². The summed E-state index contributed by atoms with van der Waals surface area (Å²) in [5.41, 5.74) is 2.25. The summed E-state index contributed by atoms with van der Waals surface area (Å²) in [5.74, 6) is 1.26. The zero-order valence-corrected chi connectivity index (χ0v) is 14.6. The molecule has 4 nitrogen and oxygen atoms in total. The molecule has 1 aromatic heterocycles. The van der Waals surface area contributed by atoms with Gasteiger partial charge in [-0.05, 0) is 56.5 Å². The highest BCUT2D eigenvalue weighted by Crippen LogP contribution is 2.27. The van der Waals surface area contributed by atoms with Crippen molar-refractivity contribution < 1.29 is 9.84 Å². The summed E-state index contributed by atoms with van der Waals surface area (Å²) in [7, 11) is 1.68. The maximum Gasteiger partial charge on any atom is 0.123 e. The molecule has 2 atom stereocenters. The molecule has 1 aliphatic rings. The summed E-state index contributed by atoms with van der Waals surface area (Å²) in [6.45, 7) is 4.83. The van der Waals surface area contributed by atoms with Crippen LogP contribution in [0.25, 0.3) is 10.6 Å². The molecule has 23 heavy (non-hydrogen) atoms. The van der Waals surface area contributed by atoms with Crippen molar-refractivity contribution in [3.63, 3.8) is 0 Å². The molecule has 0 saturated carbocycles. The van der Waals surface area contributed by atoms with Crippen LogP contribution < -0.4 is 4.74 Å². The second-order valence-corrected chi connectivity index (χ2v) is 7.11. The molecule has 0 amide bonds. The molecule has 3 rings (SSSR count). The van der Waals surface area contributed by atoms with E-state index < -0.39 is 0 Å². The summed E-state index contributed by atoms with van der Waals surface area (Å²) in [6.07, 6.45) is 2.07. The van der Waals surface area contributed by atoms with E-state index in [-0.39, 0.29) is 6.10 Å². The third kappa shape index (κ3) is 4.10. The van der Waals surface area contributed by atoms with Gasteiger partial charge in [0.1, 0.15) is 10.8 Å². The van der Waals surface area contributed by atoms with E-state index in [9.17, 15) is 5.11 Å². The van der Waals surface area contributed by atoms with Crippen LogP contribution in [0.15, 0.2) is 29.6 Å². The van der Waals surface area contributed by atoms with Gasteiger partial charge in [0.15, 0.2) is 0 Å². The van der Waals surface area contributed by atoms with E-state index in [4.69, 9.17) is 9.72 Å². The number of hydrogen-bond donors (Lipinski definition) is 1. The molecule has 0 radical (unpaired) electrons. The van der Waals surface area contributed by atoms with Crippen LogP contribution in [0.1, 0.15) is 25.5 Å². The molecule has 0 bridgehead atoms. The Morgan fingerprint density at radius 1 is 1.39 bits per heavy atom. The number of piperidine rings is 1. The molecule has 1 N–H and O–H groups in total. The van der Waals surface area contributed by atoms with Gasteiger partial charge in [-0.25, -0.2) is 4.98 Å². The lowest BCUT2D eigenvalue weighted by Gasteiger charge is -2.33. The smallest absolute Gasteiger partial charge is 0.123 e. The average Bonchev–Trinajstić information content (AvgIpc) is 3.03. The highest BCUT2D eigenvalue weighted by Gasteiger charge is 2.23. The highest BCUT2D eigenvalue weighted by molar-refractivity contribution is 7.13. The third-order valence-electron chi connectivity index (χ3n) is 4.50. The summed E-state index contributed by atoms with van der Waals surface area (Å²) >= 11 is 1.68. The van der Waals surface area contributed by atoms with Gasteiger partial charge in [-0.2, -0.15) is 0 Å². The Bertz CT molecular complexity index is 624. The van der Waals surface area contributed by atoms with Crippen LogP contribution in [0.2, 0.25) is 0 Å². The van der Waals surface area contributed by atoms with Gasteiger partial charge >= 0.3 is 0 Å². The molecular formula is C18H24N2O2S. The van der Waals surface area contributed by atoms with Gasteiger partial charge in [0.2, 0.25) is 0 Å². The first-order valence-electron chi connectivity index (χ1n) is 8.15. The van der Waals surface area contributed by atoms with Gasteiger partial charge in [-0.1, -0.05) is 0 Å². The molecule has 1 aromatic carbocycles. The van der Waals surface area contributed by atoms with Crippen molar-refractivity contribution in [2.75, 3.05) is 20.2 Å². The minimum atomic E-state index is -0.219. The number of aliphatic hydroxyl groups excluding tert-OH is 1. The molecule has 1 saturated heterocycles. The lowest BCUT2D eigenvalue weighted by Crippen LogP contribution is -2.39. The van der Waals surface area contributed by atoms with Gasteiger partial charge in [-0.15, -0.1) is 11.3 Å². The molecule has 1 aliphatic heterocycles. The maximum absolute atomic E-state index is 9.81. The molecule has 2 heterocycles. The minimum absolute atomic E-state index is 0.219. The average molecular weight is 332 g/mol. The number of rotatable bonds is 5. The largest absolute Gasteiger partial charge is 0.497 e. The van der Waals surface area contributed by atoms with E-state index in [0.29, 0.717) is 5.92 Å². The summed E-state index contributed by atoms with van der Waals surface area (Å²) in [4.78, 5) is 7.18. The first-order chi connectivity index (χ1) is 11.2. The molecular weight excluding hydrogens is 308 g/mol. The number of aromatic nitrogens is 1. The van der Waals surface area contributed by atoms with Crippen molar-refractivity contribution in [1.29, 1.82) is 0 Å². The van der Waals surface area contributed by atoms with Gasteiger partial charge in [0, 0.05) is 24.0 Å². The van der Waals surface area contributed by atoms with Crippen LogP contribution in [0.5, 0.6) is 5.75 Å². The molecule has 2 aromatic rings. The number of aliphatic hydroxyl groups is 1. The summed E-state index contributed by atoms with van der Waals surface area (Å²) in [5, 5.41) is 13.0. The minimum Gasteiger partial charge on any atom is -0.497 e. The Morgan fingerprint density at radius 2 is 2.17 bits per heavy atom. The molecule has 124 valence electrons. The van der Waals surface area contributed by atoms with E-state index in [1.807, 2.05) is 31.2 Å². The SMILES string of the molecule is COc1ccc(-c2nc(CN3CCCC(C(C)O)C3)cs2)cc1. The van der Waals surface area contributed by atoms with Gasteiger partial charge in [0.05, 0.1) is 18.9 Å². The number of thiazole rings is 1. The van der Waals surface area contributed by atoms with Crippen LogP contribution in [0.3, 0.4) is 0 Å². The number of benzene rings is 1. The number of nitrogens with zero attached hydrogens (tertiary/aromatic N) is 2. The quantitative estimate of drug-likeness (QED) is 0.911. The van der Waals surface area contributed by atoms with Gasteiger partial charge in [0.25, 0.3) is 0 Å². The second kappa shape index (κ2) is 7.43. The first-order valence-corrected chi connectivity index (χ1v) is 9.03. The molecule has 2 unspecified atom stereocenters. The summed E-state index contributed by atoms with van der Waals surface area (Å²) < 4.78 is 5.20. The fourth-order valence-electron chi connectivity index (χ4n) is 3.10. The van der Waals surface area contributed by atoms with Crippen LogP contribution in [0.4, 0.5) is 0 Å². The number of likely N-dealkylation sites (tertiary alicyclic amines) is 1. The van der Waals surface area contributed by atoms with Crippen molar-refractivity contribution in [3.05, 3.63) is 35.3 Å². The zero-order valence-electron chi connectivity index (χ0n) is 13.7. The Labute approximate surface area is 141 Å². The van der Waals surface area contributed by atoms with Crippen molar-refractivity contribution in [2.45, 2.75) is 32.4 Å². The zero-order chi connectivity index (χ0) is 16.2. The van der Waals surface area contributed by atoms with Crippen molar-refractivity contribution in [3.8, 4) is 16.3 Å². The lowest BCUT2D eigenvalue weighted by atomic mass is 9.93. The monoisotopic (exact) mass is 332 g/mol. The fraction of sp³-hybridized carbons (Fsp3) is 0.500. The Balaban J connectivity index is 1.64. The Morgan fingerprint density at radius 3 is 2.87 bits per heavy atom. The van der Waals surface area contributed by atoms with Crippen molar-refractivity contribution in [2.24, 2.45) is 5.92 Å². The van der Waals surface area contributed by atoms with E-state index in [2.05, 4.69) is 10.3 Å². The van der Waals surface area contributed by atoms with Gasteiger partial charge < -0.3 is 9.84 Å². The second-order valence-electron chi connectivity index (χ2n) is 6.25. The predicted octanol–water partition coefficient (Wildman–Crippen LogP) is 3.41. The van der Waals surface area contributed by atoms with E-state index >= 15 is 0 Å². The Hall–Kier alpha value is -1.43. The molecule has 0 spiro atoms. The first kappa shape index (κ1) is 16.4. The third-order valence-corrected chi connectivity index (χ3v) is 5.44.